The quantitative estimate of drug-likeness (QED) is 0.277. The molecule has 1 atom stereocenters. The van der Waals surface area contributed by atoms with E-state index in [1.54, 1.807) is 20.9 Å². The minimum Gasteiger partial charge on any atom is -0.139 e. The molecule has 1 aliphatic carbocycles. The first-order valence-electron chi connectivity index (χ1n) is 12.3. The largest absolute Gasteiger partial charge is 0.139 e. The van der Waals surface area contributed by atoms with Crippen LogP contribution >= 0.6 is 22.7 Å². The molecule has 0 bridgehead atoms. The minimum absolute atomic E-state index is 0.291. The number of thiophene rings is 2. The maximum absolute atomic E-state index is 2.56. The standard InChI is InChI=1S/C27H42S2/c1-6-9-11-12-13-14-16-27(19-22(8-3)15-10-7-2)23-17-20(4)28-25(23)26-24(27)18-21(5)29-26/h17-18,22H,6-16,19H2,1-5H3. The molecule has 0 N–H and O–H groups in total. The van der Waals surface area contributed by atoms with Gasteiger partial charge in [-0.2, -0.15) is 0 Å². The predicted molar refractivity (Wildman–Crippen MR) is 134 cm³/mol. The first-order chi connectivity index (χ1) is 14.1. The van der Waals surface area contributed by atoms with E-state index in [0.29, 0.717) is 5.41 Å². The molecule has 0 spiro atoms. The summed E-state index contributed by atoms with van der Waals surface area (Å²) in [7, 11) is 0. The van der Waals surface area contributed by atoms with Crippen LogP contribution in [0.25, 0.3) is 9.75 Å². The van der Waals surface area contributed by atoms with Crippen LogP contribution < -0.4 is 0 Å². The number of unbranched alkanes of at least 4 members (excludes halogenated alkanes) is 6. The summed E-state index contributed by atoms with van der Waals surface area (Å²) in [6.45, 7) is 11.7. The van der Waals surface area contributed by atoms with Gasteiger partial charge >= 0.3 is 0 Å². The molecular formula is C27H42S2. The van der Waals surface area contributed by atoms with Gasteiger partial charge in [-0.3, -0.25) is 0 Å². The zero-order valence-corrected chi connectivity index (χ0v) is 21.2. The van der Waals surface area contributed by atoms with Crippen molar-refractivity contribution in [1.82, 2.24) is 0 Å². The number of fused-ring (bicyclic) bond motifs is 3. The first-order valence-corrected chi connectivity index (χ1v) is 13.9. The summed E-state index contributed by atoms with van der Waals surface area (Å²) in [5.74, 6) is 0.856. The molecule has 1 aliphatic rings. The average Bonchev–Trinajstić information content (AvgIpc) is 3.34. The van der Waals surface area contributed by atoms with Gasteiger partial charge in [-0.15, -0.1) is 22.7 Å². The molecule has 1 unspecified atom stereocenters. The van der Waals surface area contributed by atoms with E-state index in [9.17, 15) is 0 Å². The fourth-order valence-corrected chi connectivity index (χ4v) is 7.84. The van der Waals surface area contributed by atoms with Crippen LogP contribution in [0.4, 0.5) is 0 Å². The van der Waals surface area contributed by atoms with Crippen molar-refractivity contribution in [3.05, 3.63) is 33.0 Å². The summed E-state index contributed by atoms with van der Waals surface area (Å²) in [6.07, 6.45) is 16.5. The molecule has 2 heteroatoms. The Kier molecular flexibility index (Phi) is 8.45. The Morgan fingerprint density at radius 2 is 1.31 bits per heavy atom. The molecule has 0 saturated heterocycles. The number of rotatable bonds is 13. The van der Waals surface area contributed by atoms with Crippen LogP contribution in [0.15, 0.2) is 12.1 Å². The second-order valence-electron chi connectivity index (χ2n) is 9.42. The summed E-state index contributed by atoms with van der Waals surface area (Å²) in [5.41, 5.74) is 3.69. The number of hydrogen-bond donors (Lipinski definition) is 0. The topological polar surface area (TPSA) is 0 Å². The van der Waals surface area contributed by atoms with E-state index < -0.39 is 0 Å². The highest BCUT2D eigenvalue weighted by Gasteiger charge is 2.46. The highest BCUT2D eigenvalue weighted by atomic mass is 32.1. The van der Waals surface area contributed by atoms with E-state index in [1.807, 2.05) is 22.7 Å². The molecule has 0 amide bonds. The van der Waals surface area contributed by atoms with E-state index in [0.717, 1.165) is 5.92 Å². The van der Waals surface area contributed by atoms with Gasteiger partial charge in [-0.05, 0) is 55.9 Å². The Balaban J connectivity index is 1.89. The average molecular weight is 431 g/mol. The van der Waals surface area contributed by atoms with E-state index in [1.165, 1.54) is 86.8 Å². The molecule has 3 rings (SSSR count). The third-order valence-electron chi connectivity index (χ3n) is 7.09. The zero-order chi connectivity index (χ0) is 20.9. The molecule has 2 aromatic rings. The summed E-state index contributed by atoms with van der Waals surface area (Å²) in [5, 5.41) is 0. The summed E-state index contributed by atoms with van der Waals surface area (Å²) in [6, 6.07) is 5.12. The van der Waals surface area contributed by atoms with E-state index in [2.05, 4.69) is 46.8 Å². The van der Waals surface area contributed by atoms with Gasteiger partial charge in [0.2, 0.25) is 0 Å². The van der Waals surface area contributed by atoms with Crippen LogP contribution in [0, 0.1) is 19.8 Å². The Morgan fingerprint density at radius 3 is 1.86 bits per heavy atom. The summed E-state index contributed by atoms with van der Waals surface area (Å²) in [4.78, 5) is 6.24. The van der Waals surface area contributed by atoms with Gasteiger partial charge < -0.3 is 0 Å². The molecule has 0 saturated carbocycles. The van der Waals surface area contributed by atoms with E-state index in [-0.39, 0.29) is 0 Å². The van der Waals surface area contributed by atoms with Crippen molar-refractivity contribution in [2.24, 2.45) is 5.92 Å². The van der Waals surface area contributed by atoms with Crippen molar-refractivity contribution in [3.63, 3.8) is 0 Å². The molecule has 0 fully saturated rings. The second-order valence-corrected chi connectivity index (χ2v) is 11.9. The molecule has 0 radical (unpaired) electrons. The van der Waals surface area contributed by atoms with E-state index >= 15 is 0 Å². The van der Waals surface area contributed by atoms with Crippen LogP contribution in [0.2, 0.25) is 0 Å². The van der Waals surface area contributed by atoms with Gasteiger partial charge in [0.05, 0.1) is 0 Å². The third kappa shape index (κ3) is 5.01. The fourth-order valence-electron chi connectivity index (χ4n) is 5.46. The lowest BCUT2D eigenvalue weighted by atomic mass is 9.68. The van der Waals surface area contributed by atoms with Crippen molar-refractivity contribution < 1.29 is 0 Å². The Bertz CT molecular complexity index is 717. The molecule has 2 aromatic heterocycles. The summed E-state index contributed by atoms with van der Waals surface area (Å²) >= 11 is 4.10. The minimum atomic E-state index is 0.291. The number of hydrogen-bond acceptors (Lipinski definition) is 2. The lowest BCUT2D eigenvalue weighted by molar-refractivity contribution is 0.311. The van der Waals surface area contributed by atoms with Crippen LogP contribution in [-0.2, 0) is 5.41 Å². The maximum atomic E-state index is 2.56. The monoisotopic (exact) mass is 430 g/mol. The lowest BCUT2D eigenvalue weighted by Crippen LogP contribution is -2.28. The van der Waals surface area contributed by atoms with Gasteiger partial charge in [0.1, 0.15) is 0 Å². The molecule has 162 valence electrons. The zero-order valence-electron chi connectivity index (χ0n) is 19.5. The maximum Gasteiger partial charge on any atom is 0.0489 e. The van der Waals surface area contributed by atoms with Crippen LogP contribution in [-0.4, -0.2) is 0 Å². The van der Waals surface area contributed by atoms with Crippen molar-refractivity contribution in [2.75, 3.05) is 0 Å². The third-order valence-corrected chi connectivity index (χ3v) is 9.35. The number of aryl methyl sites for hydroxylation is 2. The highest BCUT2D eigenvalue weighted by molar-refractivity contribution is 7.22. The second kappa shape index (κ2) is 10.6. The Morgan fingerprint density at radius 1 is 0.759 bits per heavy atom. The highest BCUT2D eigenvalue weighted by Crippen LogP contribution is 2.60. The van der Waals surface area contributed by atoms with Crippen molar-refractivity contribution in [1.29, 1.82) is 0 Å². The molecular weight excluding hydrogens is 388 g/mol. The van der Waals surface area contributed by atoms with Crippen molar-refractivity contribution in [2.45, 2.75) is 117 Å². The van der Waals surface area contributed by atoms with Crippen molar-refractivity contribution in [3.8, 4) is 9.75 Å². The molecule has 0 aliphatic heterocycles. The normalized spacial score (nSPS) is 15.5. The van der Waals surface area contributed by atoms with Crippen LogP contribution in [0.5, 0.6) is 0 Å². The van der Waals surface area contributed by atoms with Gasteiger partial charge in [-0.25, -0.2) is 0 Å². The van der Waals surface area contributed by atoms with E-state index in [4.69, 9.17) is 0 Å². The molecule has 0 nitrogen and oxygen atoms in total. The van der Waals surface area contributed by atoms with Crippen molar-refractivity contribution >= 4 is 22.7 Å². The Hall–Kier alpha value is -0.600. The van der Waals surface area contributed by atoms with Gasteiger partial charge in [0.25, 0.3) is 0 Å². The SMILES string of the molecule is CCCCCCCCC1(CC(CC)CCCC)c2cc(C)sc2-c2sc(C)cc21. The molecule has 29 heavy (non-hydrogen) atoms. The Labute approximate surface area is 188 Å². The predicted octanol–water partition coefficient (Wildman–Crippen LogP) is 10.1. The van der Waals surface area contributed by atoms with Gasteiger partial charge in [0, 0.05) is 24.9 Å². The van der Waals surface area contributed by atoms with Gasteiger partial charge in [-0.1, -0.05) is 85.0 Å². The molecule has 2 heterocycles. The smallest absolute Gasteiger partial charge is 0.0489 e. The molecule has 0 aromatic carbocycles. The first kappa shape index (κ1) is 23.1. The summed E-state index contributed by atoms with van der Waals surface area (Å²) < 4.78 is 0. The fraction of sp³-hybridized carbons (Fsp3) is 0.704. The van der Waals surface area contributed by atoms with Crippen LogP contribution in [0.3, 0.4) is 0 Å². The van der Waals surface area contributed by atoms with Gasteiger partial charge in [0.15, 0.2) is 0 Å². The lowest BCUT2D eigenvalue weighted by Gasteiger charge is -2.35. The van der Waals surface area contributed by atoms with Crippen LogP contribution in [0.1, 0.15) is 119 Å².